The Hall–Kier alpha value is -14.5. The Kier molecular flexibility index (Phi) is 35.5. The van der Waals surface area contributed by atoms with Gasteiger partial charge in [0.25, 0.3) is 0 Å². The topological polar surface area (TPSA) is 628 Å². The van der Waals surface area contributed by atoms with Crippen LogP contribution in [-0.4, -0.2) is 251 Å². The minimum absolute atomic E-state index is 0.0302. The number of nitrogens with zero attached hydrogens (tertiary/aromatic N) is 2. The summed E-state index contributed by atoms with van der Waals surface area (Å²) in [5.41, 5.74) is 7.07. The molecule has 0 bridgehead atoms. The van der Waals surface area contributed by atoms with Gasteiger partial charge in [-0.05, 0) is 53.5 Å². The van der Waals surface area contributed by atoms with Gasteiger partial charge in [0.2, 0.25) is 82.7 Å². The molecule has 40 heteroatoms. The number of carbonyl (C=O) groups is 20. The molecule has 2 heterocycles. The van der Waals surface area contributed by atoms with Crippen LogP contribution in [0.5, 0.6) is 0 Å². The first-order valence-corrected chi connectivity index (χ1v) is 38.2. The highest BCUT2D eigenvalue weighted by Gasteiger charge is 2.43. The highest BCUT2D eigenvalue weighted by Crippen LogP contribution is 2.22. The molecule has 0 aliphatic carbocycles. The lowest BCUT2D eigenvalue weighted by molar-refractivity contribution is -0.146. The molecule has 2 aliphatic rings. The van der Waals surface area contributed by atoms with Gasteiger partial charge in [-0.1, -0.05) is 152 Å². The summed E-state index contributed by atoms with van der Waals surface area (Å²) in [6.45, 7) is 1.38. The van der Waals surface area contributed by atoms with Crippen LogP contribution in [0.4, 0.5) is 0 Å². The third-order valence-corrected chi connectivity index (χ3v) is 19.5. The molecule has 0 unspecified atom stereocenters. The van der Waals surface area contributed by atoms with Gasteiger partial charge in [0, 0.05) is 52.1 Å². The van der Waals surface area contributed by atoms with Crippen LogP contribution in [-0.2, 0) is 128 Å². The van der Waals surface area contributed by atoms with Crippen molar-refractivity contribution in [3.05, 3.63) is 179 Å². The summed E-state index contributed by atoms with van der Waals surface area (Å²) in [6.07, 6.45) is -8.40. The van der Waals surface area contributed by atoms with Crippen LogP contribution in [0.3, 0.4) is 0 Å². The molecule has 5 aromatic carbocycles. The number of primary amides is 1. The molecule has 2 fully saturated rings. The van der Waals surface area contributed by atoms with Crippen molar-refractivity contribution in [2.75, 3.05) is 13.1 Å². The fourth-order valence-corrected chi connectivity index (χ4v) is 13.5. The minimum atomic E-state index is -2.22. The van der Waals surface area contributed by atoms with Crippen molar-refractivity contribution < 1.29 is 127 Å². The number of rotatable bonds is 46. The standard InChI is InChI=1S/C81H94N14O26/c1-44(96)94-31-18-30-62(94)80(120)92-59(42-67(105)106)79(119)86-53(36-48-25-13-5-14-26-48)73(113)90-57(40-65(101)102)77(117)84-51(34-46-21-9-3-10-22-46)71(111)88-55(38-63(97)98)75(115)83-50(33-45-19-7-2-8-20-45)70(110)89-56(39-64(99)100)76(116)85-52(35-47-23-11-4-12-24-47)72(112)91-58(41-66(103)104)78(118)87-54(37-49-27-15-6-16-28-49)74(114)93-60(43-68(107)108)81(121)95-32-17-29-61(95)69(82)109/h2-16,19-28,50-62H,17-18,29-43H2,1H3,(H2,82,109)(H,83,115)(H,84,117)(H,85,116)(H,86,119)(H,87,118)(H,88,111)(H,89,110)(H,90,113)(H,91,112)(H,92,120)(H,93,114)(H,97,98)(H,99,100)(H,101,102)(H,103,104)(H,105,106)(H,107,108)/t50-,51-,52-,53-,54-,55-,56-,57-,58-,59-,60-,61-,62-/m0/s1. The van der Waals surface area contributed by atoms with Gasteiger partial charge < -0.3 is 105 Å². The number of hydrogen-bond donors (Lipinski definition) is 18. The normalized spacial score (nSPS) is 16.1. The molecule has 13 atom stereocenters. The molecule has 19 N–H and O–H groups in total. The van der Waals surface area contributed by atoms with Crippen LogP contribution >= 0.6 is 0 Å². The smallest absolute Gasteiger partial charge is 0.305 e. The van der Waals surface area contributed by atoms with Gasteiger partial charge in [-0.25, -0.2) is 0 Å². The molecular formula is C81H94N14O26. The summed E-state index contributed by atoms with van der Waals surface area (Å²) in [4.78, 5) is 275. The number of carboxylic acids is 6. The van der Waals surface area contributed by atoms with Gasteiger partial charge in [0.1, 0.15) is 78.5 Å². The van der Waals surface area contributed by atoms with Crippen molar-refractivity contribution in [2.45, 2.75) is 182 Å². The Balaban J connectivity index is 1.13. The summed E-state index contributed by atoms with van der Waals surface area (Å²) < 4.78 is 0. The molecule has 121 heavy (non-hydrogen) atoms. The van der Waals surface area contributed by atoms with Crippen molar-refractivity contribution >= 4 is 119 Å². The highest BCUT2D eigenvalue weighted by molar-refractivity contribution is 6.03. The van der Waals surface area contributed by atoms with E-state index in [2.05, 4.69) is 58.5 Å². The monoisotopic (exact) mass is 1680 g/mol. The van der Waals surface area contributed by atoms with Gasteiger partial charge in [-0.3, -0.25) is 95.9 Å². The lowest BCUT2D eigenvalue weighted by Crippen LogP contribution is -2.62. The van der Waals surface area contributed by atoms with E-state index in [0.29, 0.717) is 24.0 Å². The number of aliphatic carboxylic acids is 6. The first-order chi connectivity index (χ1) is 57.5. The van der Waals surface area contributed by atoms with Crippen LogP contribution < -0.4 is 64.2 Å². The van der Waals surface area contributed by atoms with Crippen LogP contribution in [0.1, 0.15) is 98.9 Å². The molecule has 0 radical (unpaired) electrons. The SMILES string of the molecule is CC(=O)N1CCC[C@H]1C(=O)N[C@@H](CC(=O)O)C(=O)N[C@@H](Cc1ccccc1)C(=O)N[C@@H](CC(=O)O)C(=O)N[C@@H](Cc1ccccc1)C(=O)N[C@@H](CC(=O)O)C(=O)N[C@@H](Cc1ccccc1)C(=O)N[C@@H](CC(=O)O)C(=O)N[C@@H](Cc1ccccc1)C(=O)N[C@@H](CC(=O)O)C(=O)N[C@@H](Cc1ccccc1)C(=O)N[C@@H](CC(=O)O)C(=O)N1CCC[C@H]1C(N)=O. The van der Waals surface area contributed by atoms with E-state index >= 15 is 0 Å². The minimum Gasteiger partial charge on any atom is -0.481 e. The van der Waals surface area contributed by atoms with Crippen molar-refractivity contribution in [1.82, 2.24) is 68.3 Å². The van der Waals surface area contributed by atoms with Crippen LogP contribution in [0.25, 0.3) is 0 Å². The van der Waals surface area contributed by atoms with Crippen molar-refractivity contribution in [3.63, 3.8) is 0 Å². The molecule has 2 saturated heterocycles. The molecule has 7 rings (SSSR count). The van der Waals surface area contributed by atoms with Gasteiger partial charge in [0.15, 0.2) is 0 Å². The largest absolute Gasteiger partial charge is 0.481 e. The fraction of sp³-hybridized carbons (Fsp3) is 0.383. The maximum absolute atomic E-state index is 14.8. The number of hydrogen-bond acceptors (Lipinski definition) is 20. The third-order valence-electron chi connectivity index (χ3n) is 19.5. The van der Waals surface area contributed by atoms with E-state index in [-0.39, 0.29) is 42.6 Å². The van der Waals surface area contributed by atoms with Crippen molar-refractivity contribution in [3.8, 4) is 0 Å². The van der Waals surface area contributed by atoms with E-state index in [9.17, 15) is 127 Å². The van der Waals surface area contributed by atoms with E-state index in [1.807, 2.05) is 0 Å². The number of carboxylic acid groups (broad SMARTS) is 6. The Morgan fingerprint density at radius 2 is 0.488 bits per heavy atom. The number of nitrogens with two attached hydrogens (primary N) is 1. The summed E-state index contributed by atoms with van der Waals surface area (Å²) >= 11 is 0. The maximum Gasteiger partial charge on any atom is 0.305 e. The van der Waals surface area contributed by atoms with E-state index in [0.717, 1.165) is 4.90 Å². The van der Waals surface area contributed by atoms with E-state index in [4.69, 9.17) is 5.73 Å². The van der Waals surface area contributed by atoms with Gasteiger partial charge in [-0.2, -0.15) is 0 Å². The molecular weight excluding hydrogens is 1580 g/mol. The summed E-state index contributed by atoms with van der Waals surface area (Å²) in [5.74, 6) is -26.6. The molecule has 0 aromatic heterocycles. The van der Waals surface area contributed by atoms with E-state index < -0.39 is 268 Å². The fourth-order valence-electron chi connectivity index (χ4n) is 13.5. The van der Waals surface area contributed by atoms with Crippen LogP contribution in [0.15, 0.2) is 152 Å². The highest BCUT2D eigenvalue weighted by atomic mass is 16.4. The zero-order valence-corrected chi connectivity index (χ0v) is 65.3. The lowest BCUT2D eigenvalue weighted by Gasteiger charge is -2.29. The Morgan fingerprint density at radius 1 is 0.289 bits per heavy atom. The zero-order chi connectivity index (χ0) is 88.6. The van der Waals surface area contributed by atoms with Crippen molar-refractivity contribution in [1.29, 1.82) is 0 Å². The second kappa shape index (κ2) is 45.9. The Labute approximate surface area is 690 Å². The summed E-state index contributed by atoms with van der Waals surface area (Å²) in [7, 11) is 0. The van der Waals surface area contributed by atoms with Crippen LogP contribution in [0, 0.1) is 0 Å². The molecule has 40 nitrogen and oxygen atoms in total. The molecule has 0 saturated carbocycles. The average molecular weight is 1680 g/mol. The molecule has 5 aromatic rings. The predicted octanol–water partition coefficient (Wildman–Crippen LogP) is -3.13. The van der Waals surface area contributed by atoms with E-state index in [1.54, 1.807) is 54.6 Å². The summed E-state index contributed by atoms with van der Waals surface area (Å²) in [5, 5.41) is 85.9. The molecule has 14 amide bonds. The number of amides is 14. The lowest BCUT2D eigenvalue weighted by atomic mass is 10.0. The number of carbonyl (C=O) groups excluding carboxylic acids is 14. The second-order valence-electron chi connectivity index (χ2n) is 28.7. The second-order valence-corrected chi connectivity index (χ2v) is 28.7. The average Bonchev–Trinajstić information content (AvgIpc) is 1.82. The number of benzene rings is 5. The number of nitrogens with one attached hydrogen (secondary N) is 11. The van der Waals surface area contributed by atoms with Gasteiger partial charge in [-0.15, -0.1) is 0 Å². The molecule has 644 valence electrons. The number of likely N-dealkylation sites (tertiary alicyclic amines) is 2. The summed E-state index contributed by atoms with van der Waals surface area (Å²) in [6, 6.07) is 14.2. The quantitative estimate of drug-likeness (QED) is 0.0183. The van der Waals surface area contributed by atoms with Crippen LogP contribution in [0.2, 0.25) is 0 Å². The maximum atomic E-state index is 14.8. The van der Waals surface area contributed by atoms with E-state index in [1.165, 1.54) is 109 Å². The zero-order valence-electron chi connectivity index (χ0n) is 65.3. The van der Waals surface area contributed by atoms with Crippen molar-refractivity contribution in [2.24, 2.45) is 5.73 Å². The van der Waals surface area contributed by atoms with Gasteiger partial charge in [0.05, 0.1) is 38.5 Å². The first kappa shape index (κ1) is 93.7. The molecule has 0 spiro atoms. The Morgan fingerprint density at radius 3 is 0.719 bits per heavy atom. The predicted molar refractivity (Wildman–Crippen MR) is 420 cm³/mol. The Bertz CT molecular complexity index is 4610. The first-order valence-electron chi connectivity index (χ1n) is 38.2. The molecule has 2 aliphatic heterocycles. The van der Waals surface area contributed by atoms with Gasteiger partial charge >= 0.3 is 35.8 Å². The third kappa shape index (κ3) is 30.2.